The van der Waals surface area contributed by atoms with Gasteiger partial charge in [-0.15, -0.1) is 0 Å². The van der Waals surface area contributed by atoms with E-state index in [4.69, 9.17) is 9.47 Å². The first-order chi connectivity index (χ1) is 10.1. The van der Waals surface area contributed by atoms with Crippen LogP contribution in [0.3, 0.4) is 0 Å². The van der Waals surface area contributed by atoms with Crippen molar-refractivity contribution in [3.05, 3.63) is 42.0 Å². The summed E-state index contributed by atoms with van der Waals surface area (Å²) in [7, 11) is 5.18. The zero-order valence-electron chi connectivity index (χ0n) is 12.7. The van der Waals surface area contributed by atoms with Gasteiger partial charge in [0.1, 0.15) is 5.82 Å². The highest BCUT2D eigenvalue weighted by molar-refractivity contribution is 5.43. The highest BCUT2D eigenvalue weighted by atomic mass is 16.5. The number of hydrogen-bond donors (Lipinski definition) is 1. The van der Waals surface area contributed by atoms with E-state index >= 15 is 0 Å². The lowest BCUT2D eigenvalue weighted by Crippen LogP contribution is -2.13. The fourth-order valence-electron chi connectivity index (χ4n) is 2.31. The maximum absolute atomic E-state index is 10.2. The van der Waals surface area contributed by atoms with Gasteiger partial charge in [0.25, 0.3) is 0 Å². The molecule has 0 aliphatic rings. The molecule has 0 bridgehead atoms. The van der Waals surface area contributed by atoms with Crippen LogP contribution in [0, 0.1) is 0 Å². The van der Waals surface area contributed by atoms with Crippen LogP contribution in [0.25, 0.3) is 0 Å². The molecule has 1 heterocycles. The summed E-state index contributed by atoms with van der Waals surface area (Å²) in [5, 5.41) is 10.2. The predicted molar refractivity (Wildman–Crippen MR) is 80.8 cm³/mol. The molecule has 0 spiro atoms. The first-order valence-electron chi connectivity index (χ1n) is 6.99. The molecule has 0 radical (unpaired) electrons. The van der Waals surface area contributed by atoms with E-state index < -0.39 is 6.10 Å². The smallest absolute Gasteiger partial charge is 0.160 e. The zero-order chi connectivity index (χ0) is 15.2. The second kappa shape index (κ2) is 7.13. The molecule has 1 unspecified atom stereocenters. The van der Waals surface area contributed by atoms with Crippen molar-refractivity contribution in [2.45, 2.75) is 25.4 Å². The summed E-state index contributed by atoms with van der Waals surface area (Å²) < 4.78 is 12.5. The van der Waals surface area contributed by atoms with Crippen LogP contribution in [0.15, 0.2) is 30.6 Å². The van der Waals surface area contributed by atoms with Crippen LogP contribution in [0.5, 0.6) is 11.5 Å². The summed E-state index contributed by atoms with van der Waals surface area (Å²) in [6.45, 7) is 0. The van der Waals surface area contributed by atoms with Crippen LogP contribution in [0.4, 0.5) is 0 Å². The van der Waals surface area contributed by atoms with Crippen LogP contribution >= 0.6 is 0 Å². The van der Waals surface area contributed by atoms with Gasteiger partial charge in [-0.25, -0.2) is 4.98 Å². The van der Waals surface area contributed by atoms with Crippen LogP contribution in [-0.4, -0.2) is 35.0 Å². The first-order valence-corrected chi connectivity index (χ1v) is 6.99. The molecule has 2 rings (SSSR count). The molecule has 0 aliphatic heterocycles. The fraction of sp³-hybridized carbons (Fsp3) is 0.438. The minimum absolute atomic E-state index is 0.403. The van der Waals surface area contributed by atoms with E-state index in [0.29, 0.717) is 24.3 Å². The third-order valence-corrected chi connectivity index (χ3v) is 3.54. The summed E-state index contributed by atoms with van der Waals surface area (Å²) in [4.78, 5) is 4.26. The number of methoxy groups -OCH3 is 2. The van der Waals surface area contributed by atoms with Gasteiger partial charge >= 0.3 is 0 Å². The van der Waals surface area contributed by atoms with Crippen molar-refractivity contribution in [2.24, 2.45) is 7.05 Å². The van der Waals surface area contributed by atoms with Crippen LogP contribution in [0.2, 0.25) is 0 Å². The average molecular weight is 290 g/mol. The van der Waals surface area contributed by atoms with Gasteiger partial charge < -0.3 is 19.1 Å². The van der Waals surface area contributed by atoms with Gasteiger partial charge in [-0.3, -0.25) is 0 Å². The van der Waals surface area contributed by atoms with Crippen molar-refractivity contribution >= 4 is 0 Å². The van der Waals surface area contributed by atoms with Crippen LogP contribution in [0.1, 0.15) is 17.8 Å². The standard InChI is InChI=1S/C16H22N2O3/c1-18-9-8-17-16(18)7-5-13(19)10-12-4-6-14(20-2)15(11-12)21-3/h4,6,8-9,11,13,19H,5,7,10H2,1-3H3. The Kier molecular flexibility index (Phi) is 5.22. The molecular formula is C16H22N2O3. The van der Waals surface area contributed by atoms with Gasteiger partial charge in [0, 0.05) is 25.9 Å². The quantitative estimate of drug-likeness (QED) is 0.847. The van der Waals surface area contributed by atoms with Gasteiger partial charge in [0.2, 0.25) is 0 Å². The largest absolute Gasteiger partial charge is 0.493 e. The number of aliphatic hydroxyl groups excluding tert-OH is 1. The number of ether oxygens (including phenoxy) is 2. The fourth-order valence-corrected chi connectivity index (χ4v) is 2.31. The third-order valence-electron chi connectivity index (χ3n) is 3.54. The van der Waals surface area contributed by atoms with Crippen molar-refractivity contribution in [1.29, 1.82) is 0 Å². The van der Waals surface area contributed by atoms with E-state index in [2.05, 4.69) is 4.98 Å². The number of aryl methyl sites for hydroxylation is 2. The Bertz CT molecular complexity index is 581. The molecule has 21 heavy (non-hydrogen) atoms. The Balaban J connectivity index is 1.93. The minimum Gasteiger partial charge on any atom is -0.493 e. The molecule has 114 valence electrons. The molecule has 1 N–H and O–H groups in total. The number of hydrogen-bond acceptors (Lipinski definition) is 4. The van der Waals surface area contributed by atoms with Crippen molar-refractivity contribution in [2.75, 3.05) is 14.2 Å². The van der Waals surface area contributed by atoms with Crippen LogP contribution in [-0.2, 0) is 19.9 Å². The maximum atomic E-state index is 10.2. The molecule has 0 amide bonds. The molecule has 5 heteroatoms. The van der Waals surface area contributed by atoms with Crippen molar-refractivity contribution in [1.82, 2.24) is 9.55 Å². The Morgan fingerprint density at radius 1 is 1.24 bits per heavy atom. The number of rotatable bonds is 7. The lowest BCUT2D eigenvalue weighted by molar-refractivity contribution is 0.164. The first kappa shape index (κ1) is 15.4. The Morgan fingerprint density at radius 3 is 2.62 bits per heavy atom. The second-order valence-electron chi connectivity index (χ2n) is 5.04. The molecule has 5 nitrogen and oxygen atoms in total. The maximum Gasteiger partial charge on any atom is 0.160 e. The Hall–Kier alpha value is -2.01. The number of aromatic nitrogens is 2. The van der Waals surface area contributed by atoms with Gasteiger partial charge in [0.15, 0.2) is 11.5 Å². The van der Waals surface area contributed by atoms with Crippen LogP contribution < -0.4 is 9.47 Å². The number of nitrogens with zero attached hydrogens (tertiary/aromatic N) is 2. The van der Waals surface area contributed by atoms with E-state index in [0.717, 1.165) is 17.8 Å². The summed E-state index contributed by atoms with van der Waals surface area (Å²) in [5.41, 5.74) is 1.03. The van der Waals surface area contributed by atoms with E-state index in [1.54, 1.807) is 20.4 Å². The van der Waals surface area contributed by atoms with Crippen molar-refractivity contribution < 1.29 is 14.6 Å². The number of imidazole rings is 1. The molecule has 1 aromatic heterocycles. The minimum atomic E-state index is -0.403. The molecule has 0 saturated carbocycles. The highest BCUT2D eigenvalue weighted by Crippen LogP contribution is 2.28. The molecule has 1 atom stereocenters. The molecule has 0 aliphatic carbocycles. The molecule has 1 aromatic carbocycles. The molecular weight excluding hydrogens is 268 g/mol. The summed E-state index contributed by atoms with van der Waals surface area (Å²) in [6, 6.07) is 5.72. The predicted octanol–water partition coefficient (Wildman–Crippen LogP) is 1.97. The summed E-state index contributed by atoms with van der Waals surface area (Å²) >= 11 is 0. The lowest BCUT2D eigenvalue weighted by Gasteiger charge is -2.13. The third kappa shape index (κ3) is 3.98. The van der Waals surface area contributed by atoms with E-state index in [-0.39, 0.29) is 0 Å². The van der Waals surface area contributed by atoms with Crippen molar-refractivity contribution in [3.8, 4) is 11.5 Å². The second-order valence-corrected chi connectivity index (χ2v) is 5.04. The monoisotopic (exact) mass is 290 g/mol. The average Bonchev–Trinajstić information content (AvgIpc) is 2.90. The molecule has 0 saturated heterocycles. The van der Waals surface area contributed by atoms with E-state index in [9.17, 15) is 5.11 Å². The van der Waals surface area contributed by atoms with E-state index in [1.165, 1.54) is 0 Å². The Morgan fingerprint density at radius 2 is 2.00 bits per heavy atom. The number of aliphatic hydroxyl groups is 1. The lowest BCUT2D eigenvalue weighted by atomic mass is 10.0. The summed E-state index contributed by atoms with van der Waals surface area (Å²) in [6.07, 6.45) is 5.31. The SMILES string of the molecule is COc1ccc(CC(O)CCc2nccn2C)cc1OC. The van der Waals surface area contributed by atoms with Gasteiger partial charge in [-0.05, 0) is 30.5 Å². The zero-order valence-corrected chi connectivity index (χ0v) is 12.7. The van der Waals surface area contributed by atoms with Crippen molar-refractivity contribution in [3.63, 3.8) is 0 Å². The summed E-state index contributed by atoms with van der Waals surface area (Å²) in [5.74, 6) is 2.37. The van der Waals surface area contributed by atoms with E-state index in [1.807, 2.05) is 36.0 Å². The number of benzene rings is 1. The topological polar surface area (TPSA) is 56.5 Å². The van der Waals surface area contributed by atoms with Gasteiger partial charge in [-0.2, -0.15) is 0 Å². The van der Waals surface area contributed by atoms with Gasteiger partial charge in [0.05, 0.1) is 20.3 Å². The highest BCUT2D eigenvalue weighted by Gasteiger charge is 2.10. The normalized spacial score (nSPS) is 12.2. The Labute approximate surface area is 125 Å². The van der Waals surface area contributed by atoms with Gasteiger partial charge in [-0.1, -0.05) is 6.07 Å². The molecule has 0 fully saturated rings. The molecule has 2 aromatic rings.